The van der Waals surface area contributed by atoms with Crippen LogP contribution < -0.4 is 14.8 Å². The van der Waals surface area contributed by atoms with Crippen molar-refractivity contribution in [3.63, 3.8) is 0 Å². The van der Waals surface area contributed by atoms with E-state index in [0.29, 0.717) is 30.7 Å². The quantitative estimate of drug-likeness (QED) is 0.264. The third-order valence-electron chi connectivity index (χ3n) is 7.22. The normalized spacial score (nSPS) is 12.2. The lowest BCUT2D eigenvalue weighted by molar-refractivity contribution is -0.124. The maximum atomic E-state index is 12.9. The van der Waals surface area contributed by atoms with Crippen LogP contribution in [0.15, 0.2) is 71.8 Å². The summed E-state index contributed by atoms with van der Waals surface area (Å²) in [6.45, 7) is 6.33. The van der Waals surface area contributed by atoms with Crippen LogP contribution in [0.4, 0.5) is 0 Å². The van der Waals surface area contributed by atoms with Crippen molar-refractivity contribution < 1.29 is 22.7 Å². The average Bonchev–Trinajstić information content (AvgIpc) is 3.25. The molecule has 1 unspecified atom stereocenters. The van der Waals surface area contributed by atoms with Crippen LogP contribution in [0, 0.1) is 12.8 Å². The molecule has 1 aromatic heterocycles. The van der Waals surface area contributed by atoms with Crippen LogP contribution in [-0.4, -0.2) is 38.5 Å². The lowest BCUT2D eigenvalue weighted by atomic mass is 9.97. The number of benzene rings is 3. The van der Waals surface area contributed by atoms with Crippen LogP contribution >= 0.6 is 0 Å². The zero-order chi connectivity index (χ0) is 29.7. The molecule has 0 spiro atoms. The predicted molar refractivity (Wildman–Crippen MR) is 161 cm³/mol. The van der Waals surface area contributed by atoms with Gasteiger partial charge in [-0.2, -0.15) is 0 Å². The Balaban J connectivity index is 1.56. The van der Waals surface area contributed by atoms with Gasteiger partial charge in [-0.05, 0) is 72.4 Å². The number of fused-ring (bicyclic) bond motifs is 1. The molecule has 0 fully saturated rings. The Morgan fingerprint density at radius 3 is 2.49 bits per heavy atom. The fourth-order valence-corrected chi connectivity index (χ4v) is 6.21. The molecule has 0 aliphatic carbocycles. The van der Waals surface area contributed by atoms with Crippen LogP contribution in [0.3, 0.4) is 0 Å². The molecule has 9 heteroatoms. The van der Waals surface area contributed by atoms with Crippen LogP contribution in [0.5, 0.6) is 5.75 Å². The highest BCUT2D eigenvalue weighted by molar-refractivity contribution is 7.90. The highest BCUT2D eigenvalue weighted by Gasteiger charge is 2.22. The number of aryl methyl sites for hydroxylation is 2. The van der Waals surface area contributed by atoms with Gasteiger partial charge in [0.25, 0.3) is 15.9 Å². The Labute approximate surface area is 241 Å². The molecule has 41 heavy (non-hydrogen) atoms. The smallest absolute Gasteiger partial charge is 0.265 e. The SMILES string of the molecule is CCCNC(=O)C(C)Cc1ccc2c(c1)c(Cc1ccc(C(=O)NS(=O)(=O)c3ccccc3C)cc1OC)cn2C. The fourth-order valence-electron chi connectivity index (χ4n) is 4.99. The molecule has 0 saturated heterocycles. The number of aromatic nitrogens is 1. The number of methoxy groups -OCH3 is 1. The zero-order valence-corrected chi connectivity index (χ0v) is 25.0. The minimum atomic E-state index is -4.03. The summed E-state index contributed by atoms with van der Waals surface area (Å²) in [6, 6.07) is 17.7. The van der Waals surface area contributed by atoms with Crippen molar-refractivity contribution >= 4 is 32.7 Å². The number of rotatable bonds is 11. The van der Waals surface area contributed by atoms with E-state index in [0.717, 1.165) is 34.0 Å². The first-order valence-corrected chi connectivity index (χ1v) is 15.2. The number of amides is 2. The van der Waals surface area contributed by atoms with Gasteiger partial charge in [-0.15, -0.1) is 0 Å². The Hall–Kier alpha value is -4.11. The van der Waals surface area contributed by atoms with Crippen LogP contribution in [0.2, 0.25) is 0 Å². The van der Waals surface area contributed by atoms with E-state index in [1.807, 2.05) is 20.9 Å². The van der Waals surface area contributed by atoms with Gasteiger partial charge >= 0.3 is 0 Å². The van der Waals surface area contributed by atoms with Gasteiger partial charge in [0.1, 0.15) is 5.75 Å². The third kappa shape index (κ3) is 6.79. The first kappa shape index (κ1) is 29.9. The fraction of sp³-hybridized carbons (Fsp3) is 0.312. The molecule has 2 amide bonds. The molecule has 3 aromatic carbocycles. The van der Waals surface area contributed by atoms with E-state index < -0.39 is 15.9 Å². The molecule has 1 atom stereocenters. The second-order valence-corrected chi connectivity index (χ2v) is 12.1. The van der Waals surface area contributed by atoms with Crippen molar-refractivity contribution in [2.75, 3.05) is 13.7 Å². The van der Waals surface area contributed by atoms with Gasteiger partial charge in [-0.1, -0.05) is 44.2 Å². The van der Waals surface area contributed by atoms with Crippen molar-refractivity contribution in [3.8, 4) is 5.75 Å². The molecular formula is C32H37N3O5S. The van der Waals surface area contributed by atoms with Crippen molar-refractivity contribution in [2.24, 2.45) is 13.0 Å². The number of nitrogens with zero attached hydrogens (tertiary/aromatic N) is 1. The van der Waals surface area contributed by atoms with Gasteiger partial charge in [0.2, 0.25) is 5.91 Å². The predicted octanol–water partition coefficient (Wildman–Crippen LogP) is 4.91. The Kier molecular flexibility index (Phi) is 9.18. The molecule has 1 heterocycles. The summed E-state index contributed by atoms with van der Waals surface area (Å²) in [7, 11) is -0.513. The molecule has 0 radical (unpaired) electrons. The summed E-state index contributed by atoms with van der Waals surface area (Å²) in [4.78, 5) is 25.4. The summed E-state index contributed by atoms with van der Waals surface area (Å²) in [5, 5.41) is 4.05. The molecular weight excluding hydrogens is 538 g/mol. The van der Waals surface area contributed by atoms with Gasteiger partial charge in [0, 0.05) is 48.6 Å². The molecule has 4 aromatic rings. The van der Waals surface area contributed by atoms with E-state index in [-0.39, 0.29) is 22.3 Å². The highest BCUT2D eigenvalue weighted by Crippen LogP contribution is 2.29. The molecule has 0 bridgehead atoms. The Bertz CT molecular complexity index is 1690. The first-order chi connectivity index (χ1) is 19.5. The van der Waals surface area contributed by atoms with Crippen molar-refractivity contribution in [1.29, 1.82) is 0 Å². The number of sulfonamides is 1. The third-order valence-corrected chi connectivity index (χ3v) is 8.71. The Morgan fingerprint density at radius 2 is 1.78 bits per heavy atom. The second kappa shape index (κ2) is 12.6. The monoisotopic (exact) mass is 575 g/mol. The van der Waals surface area contributed by atoms with E-state index in [1.165, 1.54) is 13.2 Å². The van der Waals surface area contributed by atoms with Crippen molar-refractivity contribution in [2.45, 2.75) is 44.9 Å². The largest absolute Gasteiger partial charge is 0.496 e. The minimum absolute atomic E-state index is 0.0563. The number of carbonyl (C=O) groups is 2. The average molecular weight is 576 g/mol. The molecule has 4 rings (SSSR count). The number of hydrogen-bond acceptors (Lipinski definition) is 5. The van der Waals surface area contributed by atoms with Crippen molar-refractivity contribution in [1.82, 2.24) is 14.6 Å². The second-order valence-electron chi connectivity index (χ2n) is 10.4. The number of hydrogen-bond donors (Lipinski definition) is 2. The van der Waals surface area contributed by atoms with Gasteiger partial charge in [-0.25, -0.2) is 13.1 Å². The number of carbonyl (C=O) groups excluding carboxylic acids is 2. The Morgan fingerprint density at radius 1 is 1.02 bits per heavy atom. The summed E-state index contributed by atoms with van der Waals surface area (Å²) < 4.78 is 35.5. The topological polar surface area (TPSA) is 106 Å². The van der Waals surface area contributed by atoms with Crippen LogP contribution in [0.1, 0.15) is 52.9 Å². The van der Waals surface area contributed by atoms with E-state index in [1.54, 1.807) is 43.3 Å². The lowest BCUT2D eigenvalue weighted by Gasteiger charge is -2.13. The molecule has 2 N–H and O–H groups in total. The van der Waals surface area contributed by atoms with Crippen molar-refractivity contribution in [3.05, 3.63) is 94.7 Å². The zero-order valence-electron chi connectivity index (χ0n) is 24.2. The van der Waals surface area contributed by atoms with E-state index in [4.69, 9.17) is 4.74 Å². The number of ether oxygens (including phenoxy) is 1. The molecule has 0 aliphatic heterocycles. The van der Waals surface area contributed by atoms with Gasteiger partial charge in [-0.3, -0.25) is 9.59 Å². The summed E-state index contributed by atoms with van der Waals surface area (Å²) in [5.41, 5.74) is 4.81. The van der Waals surface area contributed by atoms with E-state index >= 15 is 0 Å². The molecule has 8 nitrogen and oxygen atoms in total. The summed E-state index contributed by atoms with van der Waals surface area (Å²) in [5.74, 6) is -0.328. The summed E-state index contributed by atoms with van der Waals surface area (Å²) >= 11 is 0. The molecule has 0 saturated carbocycles. The lowest BCUT2D eigenvalue weighted by Crippen LogP contribution is -2.31. The van der Waals surface area contributed by atoms with E-state index in [9.17, 15) is 18.0 Å². The van der Waals surface area contributed by atoms with Crippen LogP contribution in [0.25, 0.3) is 10.9 Å². The molecule has 216 valence electrons. The highest BCUT2D eigenvalue weighted by atomic mass is 32.2. The molecule has 0 aliphatic rings. The maximum Gasteiger partial charge on any atom is 0.265 e. The van der Waals surface area contributed by atoms with Crippen LogP contribution in [-0.2, 0) is 34.7 Å². The van der Waals surface area contributed by atoms with Gasteiger partial charge < -0.3 is 14.6 Å². The van der Waals surface area contributed by atoms with E-state index in [2.05, 4.69) is 39.0 Å². The standard InChI is InChI=1S/C32H37N3O5S/c1-6-15-33-31(36)22(3)16-23-11-14-28-27(17-23)26(20-35(28)4)18-24-12-13-25(19-29(24)40-5)32(37)34-41(38,39)30-10-8-7-9-21(30)2/h7-14,17,19-20,22H,6,15-16,18H2,1-5H3,(H,33,36)(H,34,37). The first-order valence-electron chi connectivity index (χ1n) is 13.7. The minimum Gasteiger partial charge on any atom is -0.496 e. The van der Waals surface area contributed by atoms with Gasteiger partial charge in [0.15, 0.2) is 0 Å². The van der Waals surface area contributed by atoms with Gasteiger partial charge in [0.05, 0.1) is 12.0 Å². The number of nitrogens with one attached hydrogen (secondary N) is 2. The summed E-state index contributed by atoms with van der Waals surface area (Å²) in [6.07, 6.45) is 4.15. The maximum absolute atomic E-state index is 12.9.